The Bertz CT molecular complexity index is 196. The monoisotopic (exact) mass is 168 g/mol. The van der Waals surface area contributed by atoms with E-state index in [1.165, 1.54) is 0 Å². The van der Waals surface area contributed by atoms with Crippen LogP contribution in [0.15, 0.2) is 0 Å². The number of hydrogen-bond donors (Lipinski definition) is 1. The quantitative estimate of drug-likeness (QED) is 0.510. The van der Waals surface area contributed by atoms with Crippen LogP contribution in [0.2, 0.25) is 0 Å². The van der Waals surface area contributed by atoms with Crippen molar-refractivity contribution in [3.63, 3.8) is 0 Å². The van der Waals surface area contributed by atoms with Gasteiger partial charge in [-0.2, -0.15) is 0 Å². The van der Waals surface area contributed by atoms with Crippen LogP contribution < -0.4 is 0 Å². The summed E-state index contributed by atoms with van der Waals surface area (Å²) in [4.78, 5) is 11.0. The summed E-state index contributed by atoms with van der Waals surface area (Å²) in [6.45, 7) is 5.65. The van der Waals surface area contributed by atoms with Crippen molar-refractivity contribution in [3.8, 4) is 11.8 Å². The molecule has 0 saturated carbocycles. The van der Waals surface area contributed by atoms with Gasteiger partial charge in [-0.05, 0) is 11.8 Å². The average Bonchev–Trinajstić information content (AvgIpc) is 2.00. The van der Waals surface area contributed by atoms with E-state index >= 15 is 0 Å². The van der Waals surface area contributed by atoms with Gasteiger partial charge in [0.1, 0.15) is 0 Å². The summed E-state index contributed by atoms with van der Waals surface area (Å²) in [6, 6.07) is 0. The maximum atomic E-state index is 11.0. The molecule has 0 aromatic rings. The third kappa shape index (κ3) is 4.92. The Morgan fingerprint density at radius 1 is 1.50 bits per heavy atom. The van der Waals surface area contributed by atoms with Crippen LogP contribution in [-0.2, 0) is 4.79 Å². The van der Waals surface area contributed by atoms with Gasteiger partial charge in [-0.25, -0.2) is 0 Å². The molecule has 68 valence electrons. The summed E-state index contributed by atoms with van der Waals surface area (Å²) in [7, 11) is 0. The number of carbonyl (C=O) groups is 1. The van der Waals surface area contributed by atoms with E-state index in [-0.39, 0.29) is 18.1 Å². The number of carbonyl (C=O) groups excluding carboxylic acids is 1. The normalized spacial score (nSPS) is 12.1. The Morgan fingerprint density at radius 3 is 2.50 bits per heavy atom. The molecule has 0 unspecified atom stereocenters. The SMILES string of the molecule is CCC#CC(=O)C[C@@H](O)C(C)C. The maximum absolute atomic E-state index is 11.0. The number of rotatable bonds is 3. The first-order valence-corrected chi connectivity index (χ1v) is 4.27. The van der Waals surface area contributed by atoms with Gasteiger partial charge >= 0.3 is 0 Å². The molecule has 0 saturated heterocycles. The molecule has 0 aromatic carbocycles. The van der Waals surface area contributed by atoms with Crippen LogP contribution in [0.25, 0.3) is 0 Å². The van der Waals surface area contributed by atoms with Gasteiger partial charge in [0.25, 0.3) is 0 Å². The molecule has 0 fully saturated rings. The van der Waals surface area contributed by atoms with Crippen LogP contribution in [0.3, 0.4) is 0 Å². The summed E-state index contributed by atoms with van der Waals surface area (Å²) >= 11 is 0. The second-order valence-corrected chi connectivity index (χ2v) is 3.09. The fraction of sp³-hybridized carbons (Fsp3) is 0.700. The molecule has 2 heteroatoms. The summed E-state index contributed by atoms with van der Waals surface area (Å²) < 4.78 is 0. The van der Waals surface area contributed by atoms with Crippen molar-refractivity contribution in [2.75, 3.05) is 0 Å². The highest BCUT2D eigenvalue weighted by atomic mass is 16.3. The first kappa shape index (κ1) is 11.2. The Balaban J connectivity index is 3.84. The van der Waals surface area contributed by atoms with Crippen molar-refractivity contribution >= 4 is 5.78 Å². The molecule has 0 aliphatic carbocycles. The molecule has 0 radical (unpaired) electrons. The van der Waals surface area contributed by atoms with Crippen molar-refractivity contribution < 1.29 is 9.90 Å². The Kier molecular flexibility index (Phi) is 5.40. The van der Waals surface area contributed by atoms with E-state index < -0.39 is 6.10 Å². The van der Waals surface area contributed by atoms with E-state index in [0.29, 0.717) is 6.42 Å². The topological polar surface area (TPSA) is 37.3 Å². The highest BCUT2D eigenvalue weighted by Crippen LogP contribution is 2.05. The highest BCUT2D eigenvalue weighted by molar-refractivity contribution is 5.95. The Morgan fingerprint density at radius 2 is 2.08 bits per heavy atom. The lowest BCUT2D eigenvalue weighted by molar-refractivity contribution is -0.116. The van der Waals surface area contributed by atoms with E-state index in [2.05, 4.69) is 11.8 Å². The van der Waals surface area contributed by atoms with Crippen LogP contribution in [-0.4, -0.2) is 17.0 Å². The third-order valence-electron chi connectivity index (χ3n) is 1.57. The third-order valence-corrected chi connectivity index (χ3v) is 1.57. The zero-order valence-electron chi connectivity index (χ0n) is 7.92. The average molecular weight is 168 g/mol. The Hall–Kier alpha value is -0.810. The van der Waals surface area contributed by atoms with Crippen molar-refractivity contribution in [2.45, 2.75) is 39.7 Å². The van der Waals surface area contributed by atoms with E-state index in [0.717, 1.165) is 0 Å². The lowest BCUT2D eigenvalue weighted by Gasteiger charge is -2.10. The minimum atomic E-state index is -0.552. The van der Waals surface area contributed by atoms with Gasteiger partial charge in [0, 0.05) is 12.8 Å². The van der Waals surface area contributed by atoms with Gasteiger partial charge in [-0.15, -0.1) is 0 Å². The molecule has 1 atom stereocenters. The molecule has 0 aliphatic heterocycles. The second kappa shape index (κ2) is 5.79. The second-order valence-electron chi connectivity index (χ2n) is 3.09. The van der Waals surface area contributed by atoms with Crippen LogP contribution in [0.5, 0.6) is 0 Å². The minimum Gasteiger partial charge on any atom is -0.392 e. The zero-order chi connectivity index (χ0) is 9.56. The van der Waals surface area contributed by atoms with Gasteiger partial charge < -0.3 is 5.11 Å². The van der Waals surface area contributed by atoms with E-state index in [1.807, 2.05) is 20.8 Å². The van der Waals surface area contributed by atoms with E-state index in [1.54, 1.807) is 0 Å². The molecule has 1 N–H and O–H groups in total. The predicted molar refractivity (Wildman–Crippen MR) is 48.5 cm³/mol. The molecule has 0 bridgehead atoms. The summed E-state index contributed by atoms with van der Waals surface area (Å²) in [5, 5.41) is 9.31. The zero-order valence-corrected chi connectivity index (χ0v) is 7.92. The van der Waals surface area contributed by atoms with Crippen molar-refractivity contribution in [2.24, 2.45) is 5.92 Å². The smallest absolute Gasteiger partial charge is 0.208 e. The fourth-order valence-corrected chi connectivity index (χ4v) is 0.664. The number of hydrogen-bond acceptors (Lipinski definition) is 2. The molecule has 0 aromatic heterocycles. The predicted octanol–water partition coefficient (Wildman–Crippen LogP) is 1.38. The van der Waals surface area contributed by atoms with Crippen LogP contribution >= 0.6 is 0 Å². The van der Waals surface area contributed by atoms with Gasteiger partial charge in [-0.1, -0.05) is 26.7 Å². The number of aliphatic hydroxyl groups excluding tert-OH is 1. The molecule has 0 spiro atoms. The van der Waals surface area contributed by atoms with Crippen molar-refractivity contribution in [1.82, 2.24) is 0 Å². The van der Waals surface area contributed by atoms with Crippen molar-refractivity contribution in [3.05, 3.63) is 0 Å². The number of ketones is 1. The maximum Gasteiger partial charge on any atom is 0.208 e. The molecule has 0 heterocycles. The lowest BCUT2D eigenvalue weighted by atomic mass is 10.0. The molecular weight excluding hydrogens is 152 g/mol. The van der Waals surface area contributed by atoms with E-state index in [9.17, 15) is 9.90 Å². The van der Waals surface area contributed by atoms with Gasteiger partial charge in [0.15, 0.2) is 0 Å². The largest absolute Gasteiger partial charge is 0.392 e. The fourth-order valence-electron chi connectivity index (χ4n) is 0.664. The molecule has 2 nitrogen and oxygen atoms in total. The van der Waals surface area contributed by atoms with Crippen LogP contribution in [0, 0.1) is 17.8 Å². The molecule has 12 heavy (non-hydrogen) atoms. The first-order valence-electron chi connectivity index (χ1n) is 4.27. The molecule has 0 amide bonds. The van der Waals surface area contributed by atoms with Gasteiger partial charge in [0.2, 0.25) is 5.78 Å². The van der Waals surface area contributed by atoms with Gasteiger partial charge in [0.05, 0.1) is 6.10 Å². The Labute approximate surface area is 74.0 Å². The number of aliphatic hydroxyl groups is 1. The van der Waals surface area contributed by atoms with Crippen molar-refractivity contribution in [1.29, 1.82) is 0 Å². The minimum absolute atomic E-state index is 0.123. The van der Waals surface area contributed by atoms with E-state index in [4.69, 9.17) is 0 Å². The van der Waals surface area contributed by atoms with Crippen LogP contribution in [0.4, 0.5) is 0 Å². The lowest BCUT2D eigenvalue weighted by Crippen LogP contribution is -2.18. The van der Waals surface area contributed by atoms with Gasteiger partial charge in [-0.3, -0.25) is 4.79 Å². The standard InChI is InChI=1S/C10H16O2/c1-4-5-6-9(11)7-10(12)8(2)3/h8,10,12H,4,7H2,1-3H3/t10-/m1/s1. The summed E-state index contributed by atoms with van der Waals surface area (Å²) in [6.07, 6.45) is 0.289. The molecule has 0 rings (SSSR count). The van der Waals surface area contributed by atoms with Crippen LogP contribution in [0.1, 0.15) is 33.6 Å². The molecule has 0 aliphatic rings. The summed E-state index contributed by atoms with van der Waals surface area (Å²) in [5.41, 5.74) is 0. The summed E-state index contributed by atoms with van der Waals surface area (Å²) in [5.74, 6) is 5.10. The number of Topliss-reactive ketones (excluding diaryl/α,β-unsaturated/α-hetero) is 1. The highest BCUT2D eigenvalue weighted by Gasteiger charge is 2.12. The molecular formula is C10H16O2. The first-order chi connectivity index (χ1) is 5.57.